The first-order chi connectivity index (χ1) is 8.95. The monoisotopic (exact) mass is 263 g/mol. The van der Waals surface area contributed by atoms with Crippen molar-refractivity contribution in [2.75, 3.05) is 19.8 Å². The summed E-state index contributed by atoms with van der Waals surface area (Å²) in [6.45, 7) is 11.0. The summed E-state index contributed by atoms with van der Waals surface area (Å²) in [7, 11) is 0. The zero-order valence-electron chi connectivity index (χ0n) is 12.4. The number of rotatable bonds is 3. The quantitative estimate of drug-likeness (QED) is 0.909. The minimum Gasteiger partial charge on any atom is -0.492 e. The number of morpholine rings is 1. The van der Waals surface area contributed by atoms with Crippen molar-refractivity contribution in [3.63, 3.8) is 0 Å². The van der Waals surface area contributed by atoms with E-state index in [-0.39, 0.29) is 5.41 Å². The summed E-state index contributed by atoms with van der Waals surface area (Å²) in [6, 6.07) is 8.67. The van der Waals surface area contributed by atoms with Gasteiger partial charge < -0.3 is 14.8 Å². The molecule has 0 saturated carbocycles. The van der Waals surface area contributed by atoms with E-state index in [1.165, 1.54) is 5.56 Å². The first-order valence-corrected chi connectivity index (χ1v) is 7.03. The van der Waals surface area contributed by atoms with Crippen LogP contribution in [0.25, 0.3) is 0 Å². The molecule has 1 fully saturated rings. The van der Waals surface area contributed by atoms with Gasteiger partial charge in [-0.1, -0.05) is 32.9 Å². The molecule has 1 aliphatic heterocycles. The first kappa shape index (κ1) is 14.4. The third kappa shape index (κ3) is 4.22. The molecule has 0 aliphatic carbocycles. The van der Waals surface area contributed by atoms with Crippen molar-refractivity contribution >= 4 is 0 Å². The fourth-order valence-corrected chi connectivity index (χ4v) is 2.09. The van der Waals surface area contributed by atoms with Gasteiger partial charge in [-0.3, -0.25) is 0 Å². The molecule has 1 aliphatic rings. The zero-order valence-corrected chi connectivity index (χ0v) is 12.4. The number of hydrogen-bond donors (Lipinski definition) is 1. The third-order valence-corrected chi connectivity index (χ3v) is 3.45. The molecule has 1 heterocycles. The summed E-state index contributed by atoms with van der Waals surface area (Å²) in [5, 5.41) is 3.42. The lowest BCUT2D eigenvalue weighted by molar-refractivity contribution is 0.00456. The van der Waals surface area contributed by atoms with E-state index in [9.17, 15) is 0 Å². The average molecular weight is 263 g/mol. The molecule has 19 heavy (non-hydrogen) atoms. The van der Waals surface area contributed by atoms with Gasteiger partial charge in [0.05, 0.1) is 18.8 Å². The predicted molar refractivity (Wildman–Crippen MR) is 77.8 cm³/mol. The molecule has 2 unspecified atom stereocenters. The van der Waals surface area contributed by atoms with E-state index < -0.39 is 0 Å². The van der Waals surface area contributed by atoms with Crippen molar-refractivity contribution in [3.8, 4) is 5.75 Å². The molecule has 0 spiro atoms. The number of benzene rings is 1. The third-order valence-electron chi connectivity index (χ3n) is 3.45. The van der Waals surface area contributed by atoms with Gasteiger partial charge in [0.25, 0.3) is 0 Å². The molecular formula is C16H25NO2. The van der Waals surface area contributed by atoms with Crippen LogP contribution >= 0.6 is 0 Å². The Morgan fingerprint density at radius 1 is 1.26 bits per heavy atom. The van der Waals surface area contributed by atoms with Crippen molar-refractivity contribution in [2.45, 2.75) is 45.3 Å². The highest BCUT2D eigenvalue weighted by atomic mass is 16.5. The number of hydrogen-bond acceptors (Lipinski definition) is 3. The lowest BCUT2D eigenvalue weighted by Crippen LogP contribution is -2.48. The second-order valence-electron chi connectivity index (χ2n) is 6.33. The van der Waals surface area contributed by atoms with E-state index in [1.807, 2.05) is 12.1 Å². The Labute approximate surface area is 116 Å². The van der Waals surface area contributed by atoms with Gasteiger partial charge in [0, 0.05) is 6.54 Å². The van der Waals surface area contributed by atoms with Crippen molar-refractivity contribution in [1.29, 1.82) is 0 Å². The molecule has 1 aromatic rings. The van der Waals surface area contributed by atoms with Gasteiger partial charge in [-0.05, 0) is 30.0 Å². The molecule has 3 heteroatoms. The van der Waals surface area contributed by atoms with Crippen molar-refractivity contribution in [1.82, 2.24) is 5.32 Å². The maximum atomic E-state index is 5.81. The van der Waals surface area contributed by atoms with Gasteiger partial charge in [0.15, 0.2) is 0 Å². The van der Waals surface area contributed by atoms with Gasteiger partial charge in [-0.25, -0.2) is 0 Å². The summed E-state index contributed by atoms with van der Waals surface area (Å²) >= 11 is 0. The second-order valence-corrected chi connectivity index (χ2v) is 6.33. The summed E-state index contributed by atoms with van der Waals surface area (Å²) in [5.41, 5.74) is 1.51. The minimum atomic E-state index is 0.188. The largest absolute Gasteiger partial charge is 0.492 e. The summed E-state index contributed by atoms with van der Waals surface area (Å²) < 4.78 is 11.4. The number of nitrogens with one attached hydrogen (secondary N) is 1. The van der Waals surface area contributed by atoms with Crippen molar-refractivity contribution < 1.29 is 9.47 Å². The maximum absolute atomic E-state index is 5.81. The van der Waals surface area contributed by atoms with Crippen molar-refractivity contribution in [3.05, 3.63) is 29.8 Å². The smallest absolute Gasteiger partial charge is 0.119 e. The molecule has 0 bridgehead atoms. The molecular weight excluding hydrogens is 238 g/mol. The topological polar surface area (TPSA) is 30.5 Å². The maximum Gasteiger partial charge on any atom is 0.119 e. The van der Waals surface area contributed by atoms with Crippen LogP contribution in [0, 0.1) is 0 Å². The van der Waals surface area contributed by atoms with Gasteiger partial charge in [0.1, 0.15) is 12.4 Å². The zero-order chi connectivity index (χ0) is 13.9. The van der Waals surface area contributed by atoms with E-state index in [1.54, 1.807) is 0 Å². The summed E-state index contributed by atoms with van der Waals surface area (Å²) in [6.07, 6.45) is 0.308. The highest BCUT2D eigenvalue weighted by Gasteiger charge is 2.18. The molecule has 3 nitrogen and oxygen atoms in total. The highest BCUT2D eigenvalue weighted by molar-refractivity contribution is 5.31. The van der Waals surface area contributed by atoms with Crippen LogP contribution in [-0.4, -0.2) is 31.9 Å². The predicted octanol–water partition coefficient (Wildman–Crippen LogP) is 2.74. The van der Waals surface area contributed by atoms with Crippen LogP contribution in [0.4, 0.5) is 0 Å². The number of ether oxygens (including phenoxy) is 2. The van der Waals surface area contributed by atoms with E-state index in [2.05, 4.69) is 45.1 Å². The van der Waals surface area contributed by atoms with Crippen molar-refractivity contribution in [2.24, 2.45) is 0 Å². The minimum absolute atomic E-state index is 0.188. The molecule has 1 aromatic carbocycles. The Hall–Kier alpha value is -1.06. The summed E-state index contributed by atoms with van der Waals surface area (Å²) in [5.74, 6) is 0.924. The van der Waals surface area contributed by atoms with Crippen LogP contribution in [-0.2, 0) is 10.2 Å². The van der Waals surface area contributed by atoms with E-state index in [0.29, 0.717) is 18.8 Å². The van der Waals surface area contributed by atoms with Gasteiger partial charge in [0.2, 0.25) is 0 Å². The van der Waals surface area contributed by atoms with Crippen LogP contribution in [0.1, 0.15) is 33.3 Å². The average Bonchev–Trinajstić information content (AvgIpc) is 2.37. The summed E-state index contributed by atoms with van der Waals surface area (Å²) in [4.78, 5) is 0. The van der Waals surface area contributed by atoms with Gasteiger partial charge in [-0.15, -0.1) is 0 Å². The van der Waals surface area contributed by atoms with E-state index in [0.717, 1.165) is 18.9 Å². The molecule has 0 radical (unpaired) electrons. The Balaban J connectivity index is 1.83. The highest BCUT2D eigenvalue weighted by Crippen LogP contribution is 2.24. The molecule has 2 rings (SSSR count). The lowest BCUT2D eigenvalue weighted by atomic mass is 9.87. The first-order valence-electron chi connectivity index (χ1n) is 7.03. The fourth-order valence-electron chi connectivity index (χ4n) is 2.09. The van der Waals surface area contributed by atoms with Gasteiger partial charge in [-0.2, -0.15) is 0 Å². The molecule has 0 amide bonds. The van der Waals surface area contributed by atoms with Crippen LogP contribution in [0.3, 0.4) is 0 Å². The van der Waals surface area contributed by atoms with Crippen LogP contribution < -0.4 is 10.1 Å². The molecule has 106 valence electrons. The standard InChI is InChI=1S/C16H25NO2/c1-12-9-17-14(10-18-12)11-19-15-7-5-13(6-8-15)16(2,3)4/h5-8,12,14,17H,9-11H2,1-4H3. The SMILES string of the molecule is CC1CNC(COc2ccc(C(C)(C)C)cc2)CO1. The Kier molecular flexibility index (Phi) is 4.48. The second kappa shape index (κ2) is 5.93. The van der Waals surface area contributed by atoms with Crippen LogP contribution in [0.5, 0.6) is 5.75 Å². The lowest BCUT2D eigenvalue weighted by Gasteiger charge is -2.28. The normalized spacial score (nSPS) is 24.2. The Bertz CT molecular complexity index is 386. The van der Waals surface area contributed by atoms with E-state index >= 15 is 0 Å². The molecule has 1 saturated heterocycles. The van der Waals surface area contributed by atoms with Crippen LogP contribution in [0.15, 0.2) is 24.3 Å². The van der Waals surface area contributed by atoms with Gasteiger partial charge >= 0.3 is 0 Å². The molecule has 2 atom stereocenters. The Morgan fingerprint density at radius 2 is 1.95 bits per heavy atom. The molecule has 0 aromatic heterocycles. The van der Waals surface area contributed by atoms with Crippen LogP contribution in [0.2, 0.25) is 0 Å². The Morgan fingerprint density at radius 3 is 2.47 bits per heavy atom. The molecule has 1 N–H and O–H groups in total. The van der Waals surface area contributed by atoms with E-state index in [4.69, 9.17) is 9.47 Å². The fraction of sp³-hybridized carbons (Fsp3) is 0.625.